The Kier molecular flexibility index (Phi) is 2.95. The van der Waals surface area contributed by atoms with E-state index in [2.05, 4.69) is 50.8 Å². The lowest BCUT2D eigenvalue weighted by molar-refractivity contribution is 0.428. The Morgan fingerprint density at radius 1 is 1.00 bits per heavy atom. The summed E-state index contributed by atoms with van der Waals surface area (Å²) in [7, 11) is 0. The second-order valence-electron chi connectivity index (χ2n) is 6.06. The molecule has 0 radical (unpaired) electrons. The van der Waals surface area contributed by atoms with Crippen LogP contribution in [-0.2, 0) is 0 Å². The summed E-state index contributed by atoms with van der Waals surface area (Å²) in [4.78, 5) is 0. The van der Waals surface area contributed by atoms with Crippen LogP contribution in [0.15, 0.2) is 65.0 Å². The normalized spacial score (nSPS) is 14.1. The lowest BCUT2D eigenvalue weighted by Crippen LogP contribution is -2.09. The summed E-state index contributed by atoms with van der Waals surface area (Å²) in [5.74, 6) is 1.54. The molecule has 0 bridgehead atoms. The second-order valence-corrected chi connectivity index (χ2v) is 6.06. The highest BCUT2D eigenvalue weighted by atomic mass is 16.5. The number of aryl methyl sites for hydroxylation is 2. The Hall–Kier alpha value is -2.74. The van der Waals surface area contributed by atoms with Crippen LogP contribution >= 0.6 is 0 Å². The van der Waals surface area contributed by atoms with E-state index >= 15 is 0 Å². The van der Waals surface area contributed by atoms with E-state index < -0.39 is 0 Å². The molecular formula is C21H18O2. The molecule has 0 N–H and O–H groups in total. The molecular weight excluding hydrogens is 284 g/mol. The van der Waals surface area contributed by atoms with E-state index in [1.54, 1.807) is 6.26 Å². The first kappa shape index (κ1) is 13.9. The highest BCUT2D eigenvalue weighted by molar-refractivity contribution is 5.96. The highest BCUT2D eigenvalue weighted by Crippen LogP contribution is 2.45. The molecule has 0 spiro atoms. The molecule has 0 saturated carbocycles. The maximum atomic E-state index is 6.03. The topological polar surface area (TPSA) is 22.4 Å². The average Bonchev–Trinajstić information content (AvgIpc) is 2.92. The summed E-state index contributed by atoms with van der Waals surface area (Å²) < 4.78 is 11.8. The fraction of sp³-hybridized carbons (Fsp3) is 0.143. The molecule has 3 aromatic rings. The molecule has 2 heterocycles. The predicted octanol–water partition coefficient (Wildman–Crippen LogP) is 5.78. The van der Waals surface area contributed by atoms with Crippen molar-refractivity contribution in [2.45, 2.75) is 20.8 Å². The molecule has 1 aliphatic rings. The molecule has 23 heavy (non-hydrogen) atoms. The largest absolute Gasteiger partial charge is 0.464 e. The third-order valence-corrected chi connectivity index (χ3v) is 4.59. The Labute approximate surface area is 135 Å². The number of fused-ring (bicyclic) bond motifs is 2. The molecule has 2 aromatic carbocycles. The van der Waals surface area contributed by atoms with Gasteiger partial charge in [-0.3, -0.25) is 0 Å². The predicted molar refractivity (Wildman–Crippen MR) is 93.6 cm³/mol. The molecule has 114 valence electrons. The number of hydrogen-bond acceptors (Lipinski definition) is 2. The van der Waals surface area contributed by atoms with Crippen molar-refractivity contribution in [1.29, 1.82) is 0 Å². The van der Waals surface area contributed by atoms with Gasteiger partial charge in [0.25, 0.3) is 0 Å². The van der Waals surface area contributed by atoms with Gasteiger partial charge in [0, 0.05) is 16.5 Å². The summed E-state index contributed by atoms with van der Waals surface area (Å²) in [6.45, 7) is 10.3. The first-order valence-electron chi connectivity index (χ1n) is 7.73. The van der Waals surface area contributed by atoms with Crippen LogP contribution in [0.25, 0.3) is 16.5 Å². The molecule has 2 heteroatoms. The van der Waals surface area contributed by atoms with Gasteiger partial charge in [0.2, 0.25) is 0 Å². The van der Waals surface area contributed by atoms with Gasteiger partial charge in [-0.15, -0.1) is 0 Å². The summed E-state index contributed by atoms with van der Waals surface area (Å²) in [5.41, 5.74) is 7.59. The smallest absolute Gasteiger partial charge is 0.141 e. The summed E-state index contributed by atoms with van der Waals surface area (Å²) >= 11 is 0. The van der Waals surface area contributed by atoms with Crippen molar-refractivity contribution >= 4 is 16.5 Å². The van der Waals surface area contributed by atoms with Crippen LogP contribution < -0.4 is 4.74 Å². The van der Waals surface area contributed by atoms with Crippen molar-refractivity contribution in [3.63, 3.8) is 0 Å². The number of ether oxygens (including phenoxy) is 1. The number of allylic oxidation sites excluding steroid dienone is 1. The molecule has 0 amide bonds. The zero-order valence-electron chi connectivity index (χ0n) is 13.6. The van der Waals surface area contributed by atoms with Crippen molar-refractivity contribution < 1.29 is 9.15 Å². The summed E-state index contributed by atoms with van der Waals surface area (Å²) in [6.07, 6.45) is 1.80. The van der Waals surface area contributed by atoms with Crippen molar-refractivity contribution in [2.75, 3.05) is 0 Å². The third kappa shape index (κ3) is 1.95. The monoisotopic (exact) mass is 302 g/mol. The fourth-order valence-electron chi connectivity index (χ4n) is 3.27. The maximum Gasteiger partial charge on any atom is 0.141 e. The van der Waals surface area contributed by atoms with Crippen LogP contribution in [0.4, 0.5) is 0 Å². The third-order valence-electron chi connectivity index (χ3n) is 4.59. The molecule has 1 aliphatic heterocycles. The van der Waals surface area contributed by atoms with Crippen LogP contribution in [0, 0.1) is 13.8 Å². The van der Waals surface area contributed by atoms with Gasteiger partial charge in [0.15, 0.2) is 0 Å². The van der Waals surface area contributed by atoms with Gasteiger partial charge < -0.3 is 9.15 Å². The molecule has 0 aliphatic carbocycles. The molecule has 0 saturated heterocycles. The van der Waals surface area contributed by atoms with Crippen LogP contribution in [0.5, 0.6) is 5.75 Å². The van der Waals surface area contributed by atoms with Crippen LogP contribution in [0.2, 0.25) is 0 Å². The van der Waals surface area contributed by atoms with Crippen LogP contribution in [0.3, 0.4) is 0 Å². The van der Waals surface area contributed by atoms with Gasteiger partial charge in [0.1, 0.15) is 17.1 Å². The number of benzene rings is 2. The molecule has 0 atom stereocenters. The Balaban J connectivity index is 2.10. The van der Waals surface area contributed by atoms with E-state index in [1.807, 2.05) is 13.0 Å². The minimum atomic E-state index is 0.696. The second kappa shape index (κ2) is 4.88. The van der Waals surface area contributed by atoms with Gasteiger partial charge >= 0.3 is 0 Å². The zero-order valence-corrected chi connectivity index (χ0v) is 13.6. The van der Waals surface area contributed by atoms with Gasteiger partial charge in [-0.1, -0.05) is 36.9 Å². The summed E-state index contributed by atoms with van der Waals surface area (Å²) in [5, 5.41) is 1.14. The van der Waals surface area contributed by atoms with Crippen molar-refractivity contribution in [1.82, 2.24) is 0 Å². The van der Waals surface area contributed by atoms with E-state index in [0.29, 0.717) is 5.76 Å². The molecule has 2 nitrogen and oxygen atoms in total. The summed E-state index contributed by atoms with van der Waals surface area (Å²) in [6, 6.07) is 12.6. The van der Waals surface area contributed by atoms with Gasteiger partial charge in [-0.2, -0.15) is 0 Å². The van der Waals surface area contributed by atoms with Crippen LogP contribution in [0.1, 0.15) is 29.2 Å². The minimum absolute atomic E-state index is 0.696. The quantitative estimate of drug-likeness (QED) is 0.568. The SMILES string of the molecule is C=C1Oc2c(cc3c(C)coc3c2C)C(c2ccccc2)=C1C. The fourth-order valence-corrected chi connectivity index (χ4v) is 3.27. The lowest BCUT2D eigenvalue weighted by Gasteiger charge is -2.25. The van der Waals surface area contributed by atoms with Crippen molar-refractivity contribution in [2.24, 2.45) is 0 Å². The highest BCUT2D eigenvalue weighted by Gasteiger charge is 2.26. The first-order chi connectivity index (χ1) is 11.1. The first-order valence-corrected chi connectivity index (χ1v) is 7.73. The van der Waals surface area contributed by atoms with Crippen molar-refractivity contribution in [3.05, 3.63) is 82.8 Å². The Bertz CT molecular complexity index is 972. The van der Waals surface area contributed by atoms with Gasteiger partial charge in [-0.25, -0.2) is 0 Å². The lowest BCUT2D eigenvalue weighted by atomic mass is 9.88. The van der Waals surface area contributed by atoms with Gasteiger partial charge in [0.05, 0.1) is 6.26 Å². The molecule has 1 aromatic heterocycles. The van der Waals surface area contributed by atoms with E-state index in [0.717, 1.165) is 39.0 Å². The van der Waals surface area contributed by atoms with Crippen molar-refractivity contribution in [3.8, 4) is 5.75 Å². The minimum Gasteiger partial charge on any atom is -0.464 e. The van der Waals surface area contributed by atoms with E-state index in [-0.39, 0.29) is 0 Å². The van der Waals surface area contributed by atoms with Crippen LogP contribution in [-0.4, -0.2) is 0 Å². The average molecular weight is 302 g/mol. The number of furan rings is 1. The zero-order chi connectivity index (χ0) is 16.1. The van der Waals surface area contributed by atoms with Gasteiger partial charge in [-0.05, 0) is 49.1 Å². The van der Waals surface area contributed by atoms with E-state index in [4.69, 9.17) is 9.15 Å². The Morgan fingerprint density at radius 3 is 2.48 bits per heavy atom. The maximum absolute atomic E-state index is 6.03. The molecule has 4 rings (SSSR count). The molecule has 0 unspecified atom stereocenters. The Morgan fingerprint density at radius 2 is 1.74 bits per heavy atom. The molecule has 0 fully saturated rings. The number of hydrogen-bond donors (Lipinski definition) is 0. The number of rotatable bonds is 1. The standard InChI is InChI=1S/C21H18O2/c1-12-11-22-20-14(3)21-18(10-17(12)20)19(13(2)15(4)23-21)16-8-6-5-7-9-16/h5-11H,4H2,1-3H3. The van der Waals surface area contributed by atoms with E-state index in [9.17, 15) is 0 Å². The van der Waals surface area contributed by atoms with E-state index in [1.165, 1.54) is 11.1 Å².